The number of rotatable bonds is 3. The van der Waals surface area contributed by atoms with Gasteiger partial charge in [-0.1, -0.05) is 13.8 Å². The van der Waals surface area contributed by atoms with Crippen molar-refractivity contribution in [2.24, 2.45) is 5.41 Å². The van der Waals surface area contributed by atoms with Crippen molar-refractivity contribution < 1.29 is 0 Å². The molecule has 13 heavy (non-hydrogen) atoms. The van der Waals surface area contributed by atoms with E-state index in [2.05, 4.69) is 18.7 Å². The van der Waals surface area contributed by atoms with Crippen LogP contribution in [-0.2, 0) is 0 Å². The maximum atomic E-state index is 7.36. The van der Waals surface area contributed by atoms with Crippen LogP contribution in [-0.4, -0.2) is 30.2 Å². The highest BCUT2D eigenvalue weighted by atomic mass is 15.1. The van der Waals surface area contributed by atoms with Crippen molar-refractivity contribution >= 4 is 5.71 Å². The normalized spacial score (nSPS) is 23.0. The second kappa shape index (κ2) is 4.23. The fourth-order valence-electron chi connectivity index (χ4n) is 1.71. The lowest BCUT2D eigenvalue weighted by Crippen LogP contribution is -2.38. The van der Waals surface area contributed by atoms with Gasteiger partial charge < -0.3 is 10.3 Å². The summed E-state index contributed by atoms with van der Waals surface area (Å²) in [5, 5.41) is 7.36. The molecular weight excluding hydrogens is 160 g/mol. The molecule has 0 unspecified atom stereocenters. The highest BCUT2D eigenvalue weighted by molar-refractivity contribution is 5.78. The second-order valence-corrected chi connectivity index (χ2v) is 5.04. The van der Waals surface area contributed by atoms with Crippen LogP contribution >= 0.6 is 0 Å². The number of nitrogens with one attached hydrogen (secondary N) is 1. The van der Waals surface area contributed by atoms with E-state index in [0.717, 1.165) is 18.7 Å². The summed E-state index contributed by atoms with van der Waals surface area (Å²) in [4.78, 5) is 2.49. The van der Waals surface area contributed by atoms with Gasteiger partial charge in [-0.25, -0.2) is 0 Å². The molecule has 1 rings (SSSR count). The van der Waals surface area contributed by atoms with Gasteiger partial charge in [0, 0.05) is 12.3 Å². The molecule has 0 radical (unpaired) electrons. The monoisotopic (exact) mass is 182 g/mol. The standard InChI is InChI=1S/C11H22N2/c1-10(12)4-7-13-8-5-11(2,3)6-9-13/h12H,4-9H2,1-3H3. The van der Waals surface area contributed by atoms with E-state index in [4.69, 9.17) is 5.41 Å². The zero-order valence-corrected chi connectivity index (χ0v) is 9.19. The third kappa shape index (κ3) is 3.90. The predicted octanol–water partition coefficient (Wildman–Crippen LogP) is 2.54. The summed E-state index contributed by atoms with van der Waals surface area (Å²) >= 11 is 0. The molecule has 1 saturated heterocycles. The second-order valence-electron chi connectivity index (χ2n) is 5.04. The van der Waals surface area contributed by atoms with Crippen LogP contribution in [0.3, 0.4) is 0 Å². The number of hydrogen-bond acceptors (Lipinski definition) is 2. The van der Waals surface area contributed by atoms with Crippen molar-refractivity contribution in [2.45, 2.75) is 40.0 Å². The van der Waals surface area contributed by atoms with Crippen molar-refractivity contribution in [3.63, 3.8) is 0 Å². The van der Waals surface area contributed by atoms with Gasteiger partial charge in [0.05, 0.1) is 0 Å². The molecule has 2 heteroatoms. The Morgan fingerprint density at radius 2 is 1.85 bits per heavy atom. The van der Waals surface area contributed by atoms with E-state index in [1.807, 2.05) is 6.92 Å². The van der Waals surface area contributed by atoms with Crippen LogP contribution in [0.2, 0.25) is 0 Å². The Bertz CT molecular complexity index is 175. The van der Waals surface area contributed by atoms with Crippen LogP contribution in [0.5, 0.6) is 0 Å². The van der Waals surface area contributed by atoms with Gasteiger partial charge in [0.25, 0.3) is 0 Å². The molecule has 0 amide bonds. The maximum absolute atomic E-state index is 7.36. The highest BCUT2D eigenvalue weighted by Gasteiger charge is 2.24. The summed E-state index contributed by atoms with van der Waals surface area (Å²) in [5.41, 5.74) is 1.36. The molecule has 76 valence electrons. The van der Waals surface area contributed by atoms with Gasteiger partial charge in [0.1, 0.15) is 0 Å². The Kier molecular flexibility index (Phi) is 3.48. The number of piperidine rings is 1. The molecule has 1 fully saturated rings. The number of likely N-dealkylation sites (tertiary alicyclic amines) is 1. The van der Waals surface area contributed by atoms with Crippen LogP contribution in [0.4, 0.5) is 0 Å². The van der Waals surface area contributed by atoms with Crippen molar-refractivity contribution in [3.05, 3.63) is 0 Å². The molecule has 0 aromatic heterocycles. The molecule has 0 bridgehead atoms. The summed E-state index contributed by atoms with van der Waals surface area (Å²) in [6.07, 6.45) is 3.56. The van der Waals surface area contributed by atoms with E-state index in [1.54, 1.807) is 0 Å². The maximum Gasteiger partial charge on any atom is 0.00709 e. The molecule has 1 aliphatic heterocycles. The van der Waals surface area contributed by atoms with E-state index < -0.39 is 0 Å². The van der Waals surface area contributed by atoms with Crippen LogP contribution < -0.4 is 0 Å². The molecule has 1 heterocycles. The lowest BCUT2D eigenvalue weighted by atomic mass is 9.82. The molecule has 0 aliphatic carbocycles. The Labute approximate surface area is 81.8 Å². The average Bonchev–Trinajstić information content (AvgIpc) is 2.02. The largest absolute Gasteiger partial charge is 0.310 e. The van der Waals surface area contributed by atoms with Crippen LogP contribution in [0.25, 0.3) is 0 Å². The lowest BCUT2D eigenvalue weighted by Gasteiger charge is -2.36. The number of nitrogens with zero attached hydrogens (tertiary/aromatic N) is 1. The highest BCUT2D eigenvalue weighted by Crippen LogP contribution is 2.29. The van der Waals surface area contributed by atoms with Crippen molar-refractivity contribution in [1.29, 1.82) is 5.41 Å². The summed E-state index contributed by atoms with van der Waals surface area (Å²) in [7, 11) is 0. The molecule has 2 nitrogen and oxygen atoms in total. The smallest absolute Gasteiger partial charge is 0.00709 e. The predicted molar refractivity (Wildman–Crippen MR) is 57.5 cm³/mol. The topological polar surface area (TPSA) is 27.1 Å². The van der Waals surface area contributed by atoms with Gasteiger partial charge in [-0.05, 0) is 44.7 Å². The Morgan fingerprint density at radius 1 is 1.31 bits per heavy atom. The van der Waals surface area contributed by atoms with Gasteiger partial charge >= 0.3 is 0 Å². The van der Waals surface area contributed by atoms with Gasteiger partial charge in [0.2, 0.25) is 0 Å². The third-order valence-electron chi connectivity index (χ3n) is 3.01. The fourth-order valence-corrected chi connectivity index (χ4v) is 1.71. The lowest BCUT2D eigenvalue weighted by molar-refractivity contribution is 0.135. The Balaban J connectivity index is 2.21. The van der Waals surface area contributed by atoms with E-state index in [1.165, 1.54) is 25.9 Å². The molecular formula is C11H22N2. The van der Waals surface area contributed by atoms with E-state index in [9.17, 15) is 0 Å². The summed E-state index contributed by atoms with van der Waals surface area (Å²) in [5.74, 6) is 0. The minimum absolute atomic E-state index is 0.552. The fraction of sp³-hybridized carbons (Fsp3) is 0.909. The van der Waals surface area contributed by atoms with Gasteiger partial charge in [-0.3, -0.25) is 0 Å². The van der Waals surface area contributed by atoms with Crippen LogP contribution in [0.15, 0.2) is 0 Å². The first kappa shape index (κ1) is 10.7. The van der Waals surface area contributed by atoms with Gasteiger partial charge in [0.15, 0.2) is 0 Å². The minimum atomic E-state index is 0.552. The molecule has 0 aromatic rings. The quantitative estimate of drug-likeness (QED) is 0.667. The molecule has 1 N–H and O–H groups in total. The van der Waals surface area contributed by atoms with Crippen molar-refractivity contribution in [2.75, 3.05) is 19.6 Å². The Hall–Kier alpha value is -0.370. The number of hydrogen-bond donors (Lipinski definition) is 1. The SMILES string of the molecule is CC(=N)CCN1CCC(C)(C)CC1. The van der Waals surface area contributed by atoms with Crippen LogP contribution in [0.1, 0.15) is 40.0 Å². The van der Waals surface area contributed by atoms with Crippen LogP contribution in [0, 0.1) is 10.8 Å². The zero-order chi connectivity index (χ0) is 9.90. The average molecular weight is 182 g/mol. The first-order chi connectivity index (χ1) is 5.99. The molecule has 0 atom stereocenters. The molecule has 0 aromatic carbocycles. The zero-order valence-electron chi connectivity index (χ0n) is 9.19. The molecule has 0 saturated carbocycles. The van der Waals surface area contributed by atoms with E-state index in [0.29, 0.717) is 5.41 Å². The molecule has 0 spiro atoms. The van der Waals surface area contributed by atoms with Crippen molar-refractivity contribution in [3.8, 4) is 0 Å². The van der Waals surface area contributed by atoms with Gasteiger partial charge in [-0.2, -0.15) is 0 Å². The van der Waals surface area contributed by atoms with Crippen molar-refractivity contribution in [1.82, 2.24) is 4.90 Å². The van der Waals surface area contributed by atoms with E-state index >= 15 is 0 Å². The minimum Gasteiger partial charge on any atom is -0.310 e. The first-order valence-electron chi connectivity index (χ1n) is 5.26. The first-order valence-corrected chi connectivity index (χ1v) is 5.26. The summed E-state index contributed by atoms with van der Waals surface area (Å²) in [6, 6.07) is 0. The third-order valence-corrected chi connectivity index (χ3v) is 3.01. The summed E-state index contributed by atoms with van der Waals surface area (Å²) in [6.45, 7) is 10.1. The molecule has 1 aliphatic rings. The summed E-state index contributed by atoms with van der Waals surface area (Å²) < 4.78 is 0. The van der Waals surface area contributed by atoms with E-state index in [-0.39, 0.29) is 0 Å². The van der Waals surface area contributed by atoms with Gasteiger partial charge in [-0.15, -0.1) is 0 Å². The Morgan fingerprint density at radius 3 is 2.31 bits per heavy atom.